The summed E-state index contributed by atoms with van der Waals surface area (Å²) in [5.41, 5.74) is 1.86. The first-order valence-electron chi connectivity index (χ1n) is 11.0. The highest BCUT2D eigenvalue weighted by Crippen LogP contribution is 2.22. The summed E-state index contributed by atoms with van der Waals surface area (Å²) in [6.07, 6.45) is 4.11. The Bertz CT molecular complexity index is 1140. The number of hydrogen-bond acceptors (Lipinski definition) is 5. The molecule has 2 aromatic rings. The average molecular weight is 461 g/mol. The lowest BCUT2D eigenvalue weighted by atomic mass is 10.1. The van der Waals surface area contributed by atoms with Gasteiger partial charge in [0.1, 0.15) is 12.6 Å². The Balaban J connectivity index is 1.45. The Morgan fingerprint density at radius 3 is 2.75 bits per heavy atom. The number of para-hydroxylation sites is 1. The van der Waals surface area contributed by atoms with Gasteiger partial charge in [-0.1, -0.05) is 31.5 Å². The number of carbonyl (C=O) groups excluding carboxylic acids is 3. The van der Waals surface area contributed by atoms with E-state index in [4.69, 9.17) is 0 Å². The van der Waals surface area contributed by atoms with E-state index in [-0.39, 0.29) is 18.1 Å². The van der Waals surface area contributed by atoms with Crippen molar-refractivity contribution >= 4 is 38.6 Å². The van der Waals surface area contributed by atoms with Gasteiger partial charge >= 0.3 is 6.03 Å². The predicted molar refractivity (Wildman–Crippen MR) is 120 cm³/mol. The van der Waals surface area contributed by atoms with Crippen molar-refractivity contribution in [2.75, 3.05) is 24.6 Å². The quantitative estimate of drug-likeness (QED) is 0.578. The normalized spacial score (nSPS) is 22.5. The molecule has 2 atom stereocenters. The van der Waals surface area contributed by atoms with Crippen LogP contribution in [0.1, 0.15) is 31.7 Å². The SMILES string of the molecule is CCCCN(C(=O)CN1C(=O)NC(Cc2c[nH]c3ccccc23)C1=O)C1CCS(=O)(=O)C1. The molecule has 3 heterocycles. The fourth-order valence-electron chi connectivity index (χ4n) is 4.47. The number of amides is 4. The zero-order valence-electron chi connectivity index (χ0n) is 18.0. The molecule has 9 nitrogen and oxygen atoms in total. The lowest BCUT2D eigenvalue weighted by molar-refractivity contribution is -0.138. The molecule has 0 radical (unpaired) electrons. The highest BCUT2D eigenvalue weighted by Gasteiger charge is 2.41. The molecule has 0 spiro atoms. The zero-order valence-corrected chi connectivity index (χ0v) is 18.9. The summed E-state index contributed by atoms with van der Waals surface area (Å²) < 4.78 is 23.8. The Kier molecular flexibility index (Phi) is 6.23. The fourth-order valence-corrected chi connectivity index (χ4v) is 6.20. The van der Waals surface area contributed by atoms with Gasteiger partial charge in [-0.2, -0.15) is 0 Å². The summed E-state index contributed by atoms with van der Waals surface area (Å²) in [6.45, 7) is 2.02. The number of carbonyl (C=O) groups is 3. The van der Waals surface area contributed by atoms with E-state index >= 15 is 0 Å². The van der Waals surface area contributed by atoms with E-state index in [2.05, 4.69) is 10.3 Å². The molecule has 0 bridgehead atoms. The molecular weight excluding hydrogens is 432 g/mol. The number of sulfone groups is 1. The van der Waals surface area contributed by atoms with Crippen molar-refractivity contribution in [2.24, 2.45) is 0 Å². The minimum absolute atomic E-state index is 0.0589. The van der Waals surface area contributed by atoms with E-state index in [0.717, 1.165) is 34.2 Å². The number of unbranched alkanes of at least 4 members (excludes halogenated alkanes) is 1. The lowest BCUT2D eigenvalue weighted by Gasteiger charge is -2.29. The topological polar surface area (TPSA) is 120 Å². The second-order valence-electron chi connectivity index (χ2n) is 8.49. The van der Waals surface area contributed by atoms with E-state index in [9.17, 15) is 22.8 Å². The highest BCUT2D eigenvalue weighted by molar-refractivity contribution is 7.91. The standard InChI is InChI=1S/C22H28N4O5S/c1-2-3-9-25(16-8-10-32(30,31)14-16)20(27)13-26-21(28)19(24-22(26)29)11-15-12-23-18-7-5-4-6-17(15)18/h4-7,12,16,19,23H,2-3,8-11,13-14H2,1H3,(H,24,29). The summed E-state index contributed by atoms with van der Waals surface area (Å²) in [7, 11) is -3.16. The number of hydrogen-bond donors (Lipinski definition) is 2. The van der Waals surface area contributed by atoms with Crippen LogP contribution in [0.3, 0.4) is 0 Å². The molecule has 2 aliphatic heterocycles. The maximum absolute atomic E-state index is 13.0. The van der Waals surface area contributed by atoms with Crippen LogP contribution in [-0.2, 0) is 25.8 Å². The first kappa shape index (κ1) is 22.3. The van der Waals surface area contributed by atoms with Gasteiger partial charge in [0, 0.05) is 36.1 Å². The maximum Gasteiger partial charge on any atom is 0.325 e. The van der Waals surface area contributed by atoms with Crippen LogP contribution in [0.4, 0.5) is 4.79 Å². The first-order chi connectivity index (χ1) is 15.3. The summed E-state index contributed by atoms with van der Waals surface area (Å²) in [5.74, 6) is -0.838. The fraction of sp³-hybridized carbons (Fsp3) is 0.500. The highest BCUT2D eigenvalue weighted by atomic mass is 32.2. The van der Waals surface area contributed by atoms with Crippen LogP contribution in [0.25, 0.3) is 10.9 Å². The van der Waals surface area contributed by atoms with Crippen molar-refractivity contribution in [2.45, 2.75) is 44.7 Å². The first-order valence-corrected chi connectivity index (χ1v) is 12.8. The van der Waals surface area contributed by atoms with E-state index in [0.29, 0.717) is 19.4 Å². The van der Waals surface area contributed by atoms with Gasteiger partial charge in [-0.25, -0.2) is 13.2 Å². The van der Waals surface area contributed by atoms with Crippen LogP contribution < -0.4 is 5.32 Å². The molecule has 2 saturated heterocycles. The minimum atomic E-state index is -3.16. The molecule has 4 amide bonds. The van der Waals surface area contributed by atoms with Gasteiger partial charge in [0.25, 0.3) is 5.91 Å². The Hall–Kier alpha value is -2.88. The summed E-state index contributed by atoms with van der Waals surface area (Å²) in [4.78, 5) is 44.1. The molecule has 0 aliphatic carbocycles. The number of urea groups is 1. The van der Waals surface area contributed by atoms with Crippen molar-refractivity contribution in [3.63, 3.8) is 0 Å². The van der Waals surface area contributed by atoms with E-state index in [1.54, 1.807) is 4.90 Å². The van der Waals surface area contributed by atoms with Gasteiger partial charge in [0.05, 0.1) is 11.5 Å². The molecular formula is C22H28N4O5S. The van der Waals surface area contributed by atoms with Crippen LogP contribution in [0.2, 0.25) is 0 Å². The predicted octanol–water partition coefficient (Wildman–Crippen LogP) is 1.45. The number of H-pyrrole nitrogens is 1. The molecule has 2 aliphatic rings. The van der Waals surface area contributed by atoms with Crippen molar-refractivity contribution in [3.05, 3.63) is 36.0 Å². The largest absolute Gasteiger partial charge is 0.361 e. The molecule has 32 heavy (non-hydrogen) atoms. The maximum atomic E-state index is 13.0. The van der Waals surface area contributed by atoms with Gasteiger partial charge < -0.3 is 15.2 Å². The lowest BCUT2D eigenvalue weighted by Crippen LogP contribution is -2.48. The van der Waals surface area contributed by atoms with E-state index < -0.39 is 39.8 Å². The van der Waals surface area contributed by atoms with Crippen LogP contribution >= 0.6 is 0 Å². The third-order valence-electron chi connectivity index (χ3n) is 6.22. The van der Waals surface area contributed by atoms with Gasteiger partial charge in [-0.3, -0.25) is 14.5 Å². The van der Waals surface area contributed by atoms with Crippen LogP contribution in [0.5, 0.6) is 0 Å². The molecule has 2 unspecified atom stereocenters. The van der Waals surface area contributed by atoms with Crippen LogP contribution in [-0.4, -0.2) is 77.7 Å². The van der Waals surface area contributed by atoms with Crippen LogP contribution in [0.15, 0.2) is 30.5 Å². The molecule has 2 fully saturated rings. The number of nitrogens with one attached hydrogen (secondary N) is 2. The summed E-state index contributed by atoms with van der Waals surface area (Å²) >= 11 is 0. The number of aromatic nitrogens is 1. The van der Waals surface area contributed by atoms with Crippen molar-refractivity contribution < 1.29 is 22.8 Å². The molecule has 172 valence electrons. The van der Waals surface area contributed by atoms with E-state index in [1.165, 1.54) is 0 Å². The monoisotopic (exact) mass is 460 g/mol. The second kappa shape index (κ2) is 8.93. The molecule has 10 heteroatoms. The third-order valence-corrected chi connectivity index (χ3v) is 7.97. The van der Waals surface area contributed by atoms with Gasteiger partial charge in [0.15, 0.2) is 9.84 Å². The van der Waals surface area contributed by atoms with Crippen molar-refractivity contribution in [1.82, 2.24) is 20.1 Å². The average Bonchev–Trinajstić information content (AvgIpc) is 3.41. The summed E-state index contributed by atoms with van der Waals surface area (Å²) in [5, 5.41) is 3.67. The van der Waals surface area contributed by atoms with Gasteiger partial charge in [-0.15, -0.1) is 0 Å². The smallest absolute Gasteiger partial charge is 0.325 e. The number of rotatable bonds is 8. The second-order valence-corrected chi connectivity index (χ2v) is 10.7. The Labute approximate surface area is 187 Å². The molecule has 4 rings (SSSR count). The van der Waals surface area contributed by atoms with Gasteiger partial charge in [0.2, 0.25) is 5.91 Å². The van der Waals surface area contributed by atoms with Crippen molar-refractivity contribution in [3.8, 4) is 0 Å². The Morgan fingerprint density at radius 1 is 1.25 bits per heavy atom. The number of nitrogens with zero attached hydrogens (tertiary/aromatic N) is 2. The number of fused-ring (bicyclic) bond motifs is 1. The Morgan fingerprint density at radius 2 is 2.03 bits per heavy atom. The molecule has 0 saturated carbocycles. The molecule has 1 aromatic heterocycles. The third kappa shape index (κ3) is 4.50. The van der Waals surface area contributed by atoms with Crippen molar-refractivity contribution in [1.29, 1.82) is 0 Å². The minimum Gasteiger partial charge on any atom is -0.361 e. The van der Waals surface area contributed by atoms with Gasteiger partial charge in [-0.05, 0) is 24.5 Å². The molecule has 1 aromatic carbocycles. The molecule has 2 N–H and O–H groups in total. The van der Waals surface area contributed by atoms with E-state index in [1.807, 2.05) is 37.4 Å². The summed E-state index contributed by atoms with van der Waals surface area (Å²) in [6, 6.07) is 5.97. The number of imide groups is 1. The number of aromatic amines is 1. The zero-order chi connectivity index (χ0) is 22.9. The van der Waals surface area contributed by atoms with Crippen LogP contribution in [0, 0.1) is 0 Å². The number of benzene rings is 1.